The molecule has 1 aromatic carbocycles. The Morgan fingerprint density at radius 1 is 1.13 bits per heavy atom. The normalized spacial score (nSPS) is 11.3. The number of hydrogen-bond acceptors (Lipinski definition) is 6. The van der Waals surface area contributed by atoms with E-state index in [4.69, 9.17) is 21.1 Å². The van der Waals surface area contributed by atoms with Crippen LogP contribution in [-0.4, -0.2) is 40.7 Å². The molecule has 0 atom stereocenters. The van der Waals surface area contributed by atoms with Crippen molar-refractivity contribution in [3.05, 3.63) is 51.3 Å². The zero-order valence-corrected chi connectivity index (χ0v) is 17.7. The molecule has 0 fully saturated rings. The number of Topliss-reactive ketones (excluding diaryl/α,β-unsaturated/α-hetero) is 1. The molecule has 7 nitrogen and oxygen atoms in total. The van der Waals surface area contributed by atoms with Crippen molar-refractivity contribution in [3.8, 4) is 0 Å². The number of aromatic nitrogens is 2. The van der Waals surface area contributed by atoms with Crippen LogP contribution in [0.4, 0.5) is 8.78 Å². The van der Waals surface area contributed by atoms with E-state index in [-0.39, 0.29) is 18.8 Å². The fourth-order valence-corrected chi connectivity index (χ4v) is 2.90. The van der Waals surface area contributed by atoms with Crippen molar-refractivity contribution < 1.29 is 32.6 Å². The Balaban J connectivity index is 2.61. The van der Waals surface area contributed by atoms with E-state index in [2.05, 4.69) is 5.10 Å². The summed E-state index contributed by atoms with van der Waals surface area (Å²) in [6, 6.07) is 4.52. The molecule has 0 radical (unpaired) electrons. The molecule has 162 valence electrons. The maximum absolute atomic E-state index is 14.4. The van der Waals surface area contributed by atoms with Gasteiger partial charge in [0.1, 0.15) is 6.54 Å². The van der Waals surface area contributed by atoms with Crippen molar-refractivity contribution in [3.63, 3.8) is 0 Å². The fourth-order valence-electron chi connectivity index (χ4n) is 2.79. The van der Waals surface area contributed by atoms with E-state index in [1.54, 1.807) is 6.92 Å². The summed E-state index contributed by atoms with van der Waals surface area (Å²) in [5.41, 5.74) is -1.48. The molecule has 1 heterocycles. The van der Waals surface area contributed by atoms with Crippen LogP contribution in [-0.2, 0) is 21.9 Å². The summed E-state index contributed by atoms with van der Waals surface area (Å²) >= 11 is 5.96. The van der Waals surface area contributed by atoms with E-state index in [0.717, 1.165) is 4.68 Å². The third-order valence-corrected chi connectivity index (χ3v) is 4.53. The van der Waals surface area contributed by atoms with Crippen LogP contribution in [0.25, 0.3) is 0 Å². The fraction of sp³-hybridized carbons (Fsp3) is 0.400. The number of aryl methyl sites for hydroxylation is 1. The van der Waals surface area contributed by atoms with E-state index in [1.807, 2.05) is 0 Å². The lowest BCUT2D eigenvalue weighted by Crippen LogP contribution is -2.22. The van der Waals surface area contributed by atoms with Crippen LogP contribution >= 0.6 is 11.6 Å². The van der Waals surface area contributed by atoms with Crippen molar-refractivity contribution in [1.29, 1.82) is 0 Å². The van der Waals surface area contributed by atoms with Gasteiger partial charge in [-0.15, -0.1) is 0 Å². The molecule has 30 heavy (non-hydrogen) atoms. The third kappa shape index (κ3) is 5.02. The number of ketones is 1. The first kappa shape index (κ1) is 23.5. The maximum atomic E-state index is 14.4. The molecule has 1 aromatic heterocycles. The molecule has 0 aliphatic rings. The van der Waals surface area contributed by atoms with Crippen molar-refractivity contribution in [2.45, 2.75) is 40.2 Å². The van der Waals surface area contributed by atoms with Gasteiger partial charge in [0, 0.05) is 17.5 Å². The largest absolute Gasteiger partial charge is 0.461 e. The van der Waals surface area contributed by atoms with E-state index in [1.165, 1.54) is 32.0 Å². The molecular formula is C20H21ClF2N2O5. The number of carbonyl (C=O) groups excluding carboxylic acids is 3. The summed E-state index contributed by atoms with van der Waals surface area (Å²) in [5.74, 6) is -6.41. The quantitative estimate of drug-likeness (QED) is 0.450. The first-order valence-corrected chi connectivity index (χ1v) is 9.51. The molecule has 0 unspecified atom stereocenters. The minimum absolute atomic E-state index is 0.0852. The van der Waals surface area contributed by atoms with Crippen LogP contribution in [0.2, 0.25) is 5.02 Å². The molecule has 2 rings (SSSR count). The van der Waals surface area contributed by atoms with Gasteiger partial charge >= 0.3 is 11.9 Å². The zero-order chi connectivity index (χ0) is 22.6. The van der Waals surface area contributed by atoms with Gasteiger partial charge in [0.25, 0.3) is 5.92 Å². The number of halogens is 3. The second-order valence-electron chi connectivity index (χ2n) is 6.45. The average molecular weight is 443 g/mol. The summed E-state index contributed by atoms with van der Waals surface area (Å²) in [6.45, 7) is 4.46. The van der Waals surface area contributed by atoms with Crippen LogP contribution in [0, 0.1) is 6.92 Å². The number of benzene rings is 1. The highest BCUT2D eigenvalue weighted by Gasteiger charge is 2.41. The van der Waals surface area contributed by atoms with Crippen molar-refractivity contribution in [2.24, 2.45) is 0 Å². The second kappa shape index (κ2) is 9.34. The van der Waals surface area contributed by atoms with Gasteiger partial charge in [-0.3, -0.25) is 4.79 Å². The number of alkyl halides is 2. The van der Waals surface area contributed by atoms with Crippen LogP contribution in [0.15, 0.2) is 18.2 Å². The van der Waals surface area contributed by atoms with Gasteiger partial charge in [-0.05, 0) is 44.5 Å². The Morgan fingerprint density at radius 3 is 2.27 bits per heavy atom. The molecule has 0 aliphatic carbocycles. The summed E-state index contributed by atoms with van der Waals surface area (Å²) in [7, 11) is 0. The molecule has 0 spiro atoms. The second-order valence-corrected chi connectivity index (χ2v) is 6.85. The minimum atomic E-state index is -3.62. The van der Waals surface area contributed by atoms with Gasteiger partial charge in [0.15, 0.2) is 17.2 Å². The molecule has 2 aromatic rings. The lowest BCUT2D eigenvalue weighted by Gasteiger charge is -2.13. The molecule has 0 N–H and O–H groups in total. The molecule has 0 bridgehead atoms. The van der Waals surface area contributed by atoms with E-state index in [0.29, 0.717) is 17.5 Å². The Labute approximate surface area is 176 Å². The van der Waals surface area contributed by atoms with Gasteiger partial charge in [-0.1, -0.05) is 11.6 Å². The summed E-state index contributed by atoms with van der Waals surface area (Å²) in [4.78, 5) is 37.4. The molecule has 0 saturated carbocycles. The van der Waals surface area contributed by atoms with Crippen molar-refractivity contribution in [1.82, 2.24) is 9.78 Å². The molecule has 10 heteroatoms. The highest BCUT2D eigenvalue weighted by molar-refractivity contribution is 6.31. The minimum Gasteiger partial charge on any atom is -0.461 e. The predicted molar refractivity (Wildman–Crippen MR) is 104 cm³/mol. The Hall–Kier alpha value is -2.81. The zero-order valence-electron chi connectivity index (χ0n) is 16.9. The van der Waals surface area contributed by atoms with Crippen molar-refractivity contribution in [2.75, 3.05) is 13.2 Å². The maximum Gasteiger partial charge on any atom is 0.359 e. The lowest BCUT2D eigenvalue weighted by molar-refractivity contribution is 0.0113. The summed E-state index contributed by atoms with van der Waals surface area (Å²) in [5, 5.41) is 4.27. The van der Waals surface area contributed by atoms with Crippen LogP contribution in [0.1, 0.15) is 63.2 Å². The van der Waals surface area contributed by atoms with Gasteiger partial charge in [0.05, 0.1) is 18.8 Å². The summed E-state index contributed by atoms with van der Waals surface area (Å²) in [6.07, 6.45) is 0. The first-order chi connectivity index (χ1) is 14.0. The molecular weight excluding hydrogens is 422 g/mol. The Kier molecular flexibility index (Phi) is 7.30. The molecule has 0 amide bonds. The van der Waals surface area contributed by atoms with E-state index >= 15 is 0 Å². The van der Waals surface area contributed by atoms with Crippen LogP contribution < -0.4 is 0 Å². The monoisotopic (exact) mass is 442 g/mol. The summed E-state index contributed by atoms with van der Waals surface area (Å²) < 4.78 is 39.2. The number of ether oxygens (including phenoxy) is 2. The van der Waals surface area contributed by atoms with Gasteiger partial charge < -0.3 is 9.47 Å². The number of nitrogens with zero attached hydrogens (tertiary/aromatic N) is 2. The standard InChI is InChI=1S/C20H21ClF2N2O5/c1-5-29-18(27)16-15(20(4,22)23)17(19(28)30-6-2)25(24-16)10-14(26)12-7-8-13(21)11(3)9-12/h7-9H,5-6,10H2,1-4H3. The van der Waals surface area contributed by atoms with E-state index < -0.39 is 47.1 Å². The Morgan fingerprint density at radius 2 is 1.73 bits per heavy atom. The van der Waals surface area contributed by atoms with Gasteiger partial charge in [-0.2, -0.15) is 5.10 Å². The van der Waals surface area contributed by atoms with E-state index in [9.17, 15) is 23.2 Å². The topological polar surface area (TPSA) is 87.5 Å². The predicted octanol–water partition coefficient (Wildman–Crippen LogP) is 4.19. The van der Waals surface area contributed by atoms with Crippen molar-refractivity contribution >= 4 is 29.3 Å². The molecule has 0 saturated heterocycles. The lowest BCUT2D eigenvalue weighted by atomic mass is 10.1. The average Bonchev–Trinajstić information content (AvgIpc) is 3.04. The van der Waals surface area contributed by atoms with Crippen LogP contribution in [0.5, 0.6) is 0 Å². The van der Waals surface area contributed by atoms with Gasteiger partial charge in [0.2, 0.25) is 0 Å². The number of rotatable bonds is 8. The highest BCUT2D eigenvalue weighted by Crippen LogP contribution is 2.34. The smallest absolute Gasteiger partial charge is 0.359 e. The highest BCUT2D eigenvalue weighted by atomic mass is 35.5. The first-order valence-electron chi connectivity index (χ1n) is 9.13. The Bertz CT molecular complexity index is 982. The van der Waals surface area contributed by atoms with Gasteiger partial charge in [-0.25, -0.2) is 23.1 Å². The number of esters is 2. The number of hydrogen-bond donors (Lipinski definition) is 0. The third-order valence-electron chi connectivity index (χ3n) is 4.10. The van der Waals surface area contributed by atoms with Crippen LogP contribution in [0.3, 0.4) is 0 Å². The number of carbonyl (C=O) groups is 3. The SMILES string of the molecule is CCOC(=O)c1nn(CC(=O)c2ccc(Cl)c(C)c2)c(C(=O)OCC)c1C(C)(F)F. The molecule has 0 aliphatic heterocycles.